The number of aromatic nitrogens is 2. The van der Waals surface area contributed by atoms with Crippen molar-refractivity contribution in [3.8, 4) is 0 Å². The lowest BCUT2D eigenvalue weighted by atomic mass is 9.99. The zero-order chi connectivity index (χ0) is 23.7. The largest absolute Gasteiger partial charge is 0.490 e. The van der Waals surface area contributed by atoms with Crippen LogP contribution in [0.3, 0.4) is 0 Å². The molecule has 4 atom stereocenters. The third-order valence-corrected chi connectivity index (χ3v) is 7.16. The Morgan fingerprint density at radius 1 is 1.29 bits per heavy atom. The van der Waals surface area contributed by atoms with Crippen LogP contribution in [0, 0.1) is 0 Å². The Kier molecular flexibility index (Phi) is 7.31. The Balaban J connectivity index is 2.22. The summed E-state index contributed by atoms with van der Waals surface area (Å²) < 4.78 is 51.9. The summed E-state index contributed by atoms with van der Waals surface area (Å²) in [6.45, 7) is 2.22. The molecule has 0 aliphatic carbocycles. The van der Waals surface area contributed by atoms with Crippen LogP contribution in [0.5, 0.6) is 0 Å². The number of nitrogen functional groups attached to an aromatic ring is 1. The number of phosphoric acid groups is 3. The van der Waals surface area contributed by atoms with Crippen molar-refractivity contribution in [2.75, 3.05) is 12.3 Å². The number of nitrogens with two attached hydrogens (primary N) is 1. The van der Waals surface area contributed by atoms with Crippen molar-refractivity contribution < 1.29 is 56.3 Å². The van der Waals surface area contributed by atoms with E-state index in [1.807, 2.05) is 0 Å². The second kappa shape index (κ2) is 8.93. The van der Waals surface area contributed by atoms with E-state index < -0.39 is 47.5 Å². The fourth-order valence-corrected chi connectivity index (χ4v) is 5.27. The minimum absolute atomic E-state index is 0.0923. The Hall–Kier alpha value is -1.89. The molecule has 1 aliphatic rings. The smallest absolute Gasteiger partial charge is 0.462 e. The first-order valence-electron chi connectivity index (χ1n) is 7.68. The average Bonchev–Trinajstić information content (AvgIpc) is 2.87. The summed E-state index contributed by atoms with van der Waals surface area (Å²) in [4.78, 5) is 51.2. The SMILES string of the molecule is C=C=C[C@]1(COP(=O)(O)OP(=O)(O)OP(=O)(O)O)OC(n2ccc(N)nc2=O)=C[C@@H]1O. The van der Waals surface area contributed by atoms with Crippen molar-refractivity contribution in [1.29, 1.82) is 0 Å². The maximum absolute atomic E-state index is 11.9. The van der Waals surface area contributed by atoms with E-state index in [-0.39, 0.29) is 11.7 Å². The summed E-state index contributed by atoms with van der Waals surface area (Å²) >= 11 is 0. The van der Waals surface area contributed by atoms with E-state index in [0.29, 0.717) is 0 Å². The maximum Gasteiger partial charge on any atom is 0.490 e. The molecule has 0 spiro atoms. The van der Waals surface area contributed by atoms with Gasteiger partial charge in [0.25, 0.3) is 0 Å². The predicted octanol–water partition coefficient (Wildman–Crippen LogP) is -0.562. The lowest BCUT2D eigenvalue weighted by Crippen LogP contribution is -2.42. The molecule has 7 N–H and O–H groups in total. The average molecular weight is 503 g/mol. The zero-order valence-corrected chi connectivity index (χ0v) is 17.8. The van der Waals surface area contributed by atoms with Crippen LogP contribution in [-0.4, -0.2) is 52.5 Å². The van der Waals surface area contributed by atoms with Crippen LogP contribution in [0.2, 0.25) is 0 Å². The summed E-state index contributed by atoms with van der Waals surface area (Å²) in [7, 11) is -16.8. The highest BCUT2D eigenvalue weighted by Gasteiger charge is 2.48. The monoisotopic (exact) mass is 503 g/mol. The van der Waals surface area contributed by atoms with Gasteiger partial charge in [-0.1, -0.05) is 6.58 Å². The zero-order valence-electron chi connectivity index (χ0n) is 15.1. The van der Waals surface area contributed by atoms with Gasteiger partial charge in [0.15, 0.2) is 5.60 Å². The number of hydrogen-bond donors (Lipinski definition) is 6. The minimum atomic E-state index is -5.74. The van der Waals surface area contributed by atoms with Crippen LogP contribution in [0.15, 0.2) is 41.5 Å². The van der Waals surface area contributed by atoms with Crippen LogP contribution < -0.4 is 11.4 Å². The van der Waals surface area contributed by atoms with Crippen molar-refractivity contribution in [2.24, 2.45) is 0 Å². The highest BCUT2D eigenvalue weighted by Crippen LogP contribution is 2.66. The second-order valence-electron chi connectivity index (χ2n) is 5.72. The van der Waals surface area contributed by atoms with Gasteiger partial charge in [-0.3, -0.25) is 4.52 Å². The van der Waals surface area contributed by atoms with Gasteiger partial charge in [0.2, 0.25) is 5.88 Å². The normalized spacial score (nSPS) is 24.9. The molecule has 2 unspecified atom stereocenters. The summed E-state index contributed by atoms with van der Waals surface area (Å²) in [6.07, 6.45) is 1.50. The molecular formula is C12H16N3O13P3. The van der Waals surface area contributed by atoms with Crippen molar-refractivity contribution in [2.45, 2.75) is 11.7 Å². The molecule has 0 saturated carbocycles. The number of nitrogens with zero attached hydrogens (tertiary/aromatic N) is 2. The second-order valence-corrected chi connectivity index (χ2v) is 10.1. The molecule has 31 heavy (non-hydrogen) atoms. The number of hydrogen-bond acceptors (Lipinski definition) is 11. The van der Waals surface area contributed by atoms with E-state index in [9.17, 15) is 33.4 Å². The van der Waals surface area contributed by atoms with E-state index in [2.05, 4.69) is 30.4 Å². The van der Waals surface area contributed by atoms with Crippen LogP contribution in [0.25, 0.3) is 5.88 Å². The van der Waals surface area contributed by atoms with Crippen molar-refractivity contribution in [3.05, 3.63) is 47.2 Å². The maximum atomic E-state index is 11.9. The van der Waals surface area contributed by atoms with E-state index in [4.69, 9.17) is 20.3 Å². The first kappa shape index (κ1) is 25.4. The Morgan fingerprint density at radius 3 is 2.48 bits per heavy atom. The molecule has 1 aromatic heterocycles. The molecule has 2 heterocycles. The van der Waals surface area contributed by atoms with Crippen LogP contribution in [0.1, 0.15) is 0 Å². The number of aliphatic hydroxyl groups excluding tert-OH is 1. The number of phosphoric ester groups is 1. The molecule has 1 aromatic rings. The number of anilines is 1. The quantitative estimate of drug-likeness (QED) is 0.182. The molecule has 172 valence electrons. The summed E-state index contributed by atoms with van der Waals surface area (Å²) in [5.41, 5.74) is 4.73. The fourth-order valence-electron chi connectivity index (χ4n) is 2.21. The van der Waals surface area contributed by atoms with Crippen LogP contribution >= 0.6 is 23.5 Å². The Morgan fingerprint density at radius 2 is 1.94 bits per heavy atom. The van der Waals surface area contributed by atoms with Gasteiger partial charge in [0, 0.05) is 18.3 Å². The van der Waals surface area contributed by atoms with Crippen LogP contribution in [-0.2, 0) is 31.6 Å². The van der Waals surface area contributed by atoms with Crippen LogP contribution in [0.4, 0.5) is 5.82 Å². The highest BCUT2D eigenvalue weighted by molar-refractivity contribution is 7.66. The molecule has 2 rings (SSSR count). The molecule has 0 aromatic carbocycles. The Bertz CT molecular complexity index is 1140. The lowest BCUT2D eigenvalue weighted by Gasteiger charge is -2.29. The first-order chi connectivity index (χ1) is 14.1. The van der Waals surface area contributed by atoms with E-state index >= 15 is 0 Å². The molecular weight excluding hydrogens is 487 g/mol. The van der Waals surface area contributed by atoms with Gasteiger partial charge < -0.3 is 35.2 Å². The number of aliphatic hydroxyl groups is 1. The topological polar surface area (TPSA) is 250 Å². The van der Waals surface area contributed by atoms with Crippen molar-refractivity contribution in [3.63, 3.8) is 0 Å². The Labute approximate surface area is 173 Å². The van der Waals surface area contributed by atoms with E-state index in [1.165, 1.54) is 12.3 Å². The standard InChI is InChI=1S/C12H16N3O13P3/c1-2-4-12(7-25-30(21,22)28-31(23,24)27-29(18,19)20)8(16)6-10(26-12)15-5-3-9(13)14-11(15)17/h3-6,8,16H,1,7H2,(H,21,22)(H,23,24)(H2,13,14,17)(H2,18,19,20)/t8-,12+/m0/s1. The number of ether oxygens (including phenoxy) is 1. The molecule has 0 amide bonds. The molecule has 0 fully saturated rings. The van der Waals surface area contributed by atoms with Crippen molar-refractivity contribution >= 4 is 35.2 Å². The van der Waals surface area contributed by atoms with Gasteiger partial charge in [-0.25, -0.2) is 23.1 Å². The highest BCUT2D eigenvalue weighted by atomic mass is 31.3. The molecule has 16 nitrogen and oxygen atoms in total. The first-order valence-corrected chi connectivity index (χ1v) is 12.2. The van der Waals surface area contributed by atoms with E-state index in [1.54, 1.807) is 0 Å². The molecule has 0 bridgehead atoms. The minimum Gasteiger partial charge on any atom is -0.462 e. The van der Waals surface area contributed by atoms with E-state index in [0.717, 1.165) is 16.7 Å². The molecule has 0 saturated heterocycles. The molecule has 0 radical (unpaired) electrons. The van der Waals surface area contributed by atoms with Gasteiger partial charge in [0.05, 0.1) is 0 Å². The van der Waals surface area contributed by atoms with Gasteiger partial charge >= 0.3 is 29.2 Å². The van der Waals surface area contributed by atoms with Gasteiger partial charge in [-0.05, 0) is 6.07 Å². The number of rotatable bonds is 9. The predicted molar refractivity (Wildman–Crippen MR) is 101 cm³/mol. The third kappa shape index (κ3) is 6.79. The van der Waals surface area contributed by atoms with Gasteiger partial charge in [-0.2, -0.15) is 13.6 Å². The fraction of sp³-hybridized carbons (Fsp3) is 0.250. The summed E-state index contributed by atoms with van der Waals surface area (Å²) in [5, 5.41) is 10.3. The molecule has 19 heteroatoms. The van der Waals surface area contributed by atoms with Gasteiger partial charge in [-0.15, -0.1) is 5.73 Å². The summed E-state index contributed by atoms with van der Waals surface area (Å²) in [6, 6.07) is 1.24. The van der Waals surface area contributed by atoms with Gasteiger partial charge in [0.1, 0.15) is 18.5 Å². The third-order valence-electron chi connectivity index (χ3n) is 3.37. The van der Waals surface area contributed by atoms with Crippen molar-refractivity contribution in [1.82, 2.24) is 9.55 Å². The summed E-state index contributed by atoms with van der Waals surface area (Å²) in [5.74, 6) is -0.378. The lowest BCUT2D eigenvalue weighted by molar-refractivity contribution is -0.0326. The molecule has 1 aliphatic heterocycles.